The molecule has 0 saturated carbocycles. The summed E-state index contributed by atoms with van der Waals surface area (Å²) in [5.41, 5.74) is 2.32. The Balaban J connectivity index is 1.37. The maximum atomic E-state index is 12.6. The van der Waals surface area contributed by atoms with Crippen LogP contribution in [-0.2, 0) is 11.3 Å². The van der Waals surface area contributed by atoms with E-state index in [1.807, 2.05) is 0 Å². The Morgan fingerprint density at radius 2 is 1.84 bits per heavy atom. The lowest BCUT2D eigenvalue weighted by Gasteiger charge is -2.06. The van der Waals surface area contributed by atoms with Gasteiger partial charge in [-0.1, -0.05) is 11.6 Å². The minimum atomic E-state index is -0.293. The van der Waals surface area contributed by atoms with Gasteiger partial charge in [-0.25, -0.2) is 4.98 Å². The standard InChI is InChI=1S/C22H18ClN5O3/c1-31-18-6-4-16(5-7-18)25-21(29)13-28-12-17(11-24-28)26-22(30)15-2-8-19-14(10-15)3-9-20(23)27-19/h2-12H,13H2,1H3,(H,25,29)(H,26,30). The van der Waals surface area contributed by atoms with Gasteiger partial charge in [0.15, 0.2) is 0 Å². The highest BCUT2D eigenvalue weighted by molar-refractivity contribution is 6.29. The summed E-state index contributed by atoms with van der Waals surface area (Å²) in [6.07, 6.45) is 3.08. The highest BCUT2D eigenvalue weighted by Crippen LogP contribution is 2.18. The number of aromatic nitrogens is 3. The van der Waals surface area contributed by atoms with Crippen molar-refractivity contribution in [1.82, 2.24) is 14.8 Å². The first-order valence-corrected chi connectivity index (χ1v) is 9.72. The Labute approximate surface area is 182 Å². The zero-order valence-corrected chi connectivity index (χ0v) is 17.3. The van der Waals surface area contributed by atoms with Gasteiger partial charge in [0.05, 0.1) is 24.5 Å². The number of methoxy groups -OCH3 is 1. The maximum absolute atomic E-state index is 12.6. The van der Waals surface area contributed by atoms with Crippen LogP contribution in [0.5, 0.6) is 5.75 Å². The van der Waals surface area contributed by atoms with E-state index in [0.717, 1.165) is 5.39 Å². The molecule has 156 valence electrons. The number of hydrogen-bond donors (Lipinski definition) is 2. The second-order valence-corrected chi connectivity index (χ2v) is 7.09. The van der Waals surface area contributed by atoms with Crippen LogP contribution in [0.3, 0.4) is 0 Å². The molecule has 2 heterocycles. The molecule has 0 fully saturated rings. The number of anilines is 2. The fraction of sp³-hybridized carbons (Fsp3) is 0.0909. The summed E-state index contributed by atoms with van der Waals surface area (Å²) in [7, 11) is 1.58. The zero-order valence-electron chi connectivity index (χ0n) is 16.5. The summed E-state index contributed by atoms with van der Waals surface area (Å²) in [4.78, 5) is 29.0. The van der Waals surface area contributed by atoms with Crippen LogP contribution in [0.1, 0.15) is 10.4 Å². The van der Waals surface area contributed by atoms with Crippen molar-refractivity contribution in [2.75, 3.05) is 17.7 Å². The SMILES string of the molecule is COc1ccc(NC(=O)Cn2cc(NC(=O)c3ccc4nc(Cl)ccc4c3)cn2)cc1. The van der Waals surface area contributed by atoms with Gasteiger partial charge in [-0.15, -0.1) is 0 Å². The molecule has 31 heavy (non-hydrogen) atoms. The molecule has 8 nitrogen and oxygen atoms in total. The van der Waals surface area contributed by atoms with Crippen molar-refractivity contribution in [1.29, 1.82) is 0 Å². The van der Waals surface area contributed by atoms with Crippen molar-refractivity contribution in [3.63, 3.8) is 0 Å². The third-order valence-electron chi connectivity index (χ3n) is 4.49. The van der Waals surface area contributed by atoms with Crippen LogP contribution >= 0.6 is 11.6 Å². The lowest BCUT2D eigenvalue weighted by Crippen LogP contribution is -2.19. The van der Waals surface area contributed by atoms with Crippen LogP contribution in [0.4, 0.5) is 11.4 Å². The molecule has 0 radical (unpaired) electrons. The molecule has 4 rings (SSSR count). The average Bonchev–Trinajstić information content (AvgIpc) is 3.20. The molecule has 9 heteroatoms. The predicted molar refractivity (Wildman–Crippen MR) is 119 cm³/mol. The van der Waals surface area contributed by atoms with Crippen LogP contribution < -0.4 is 15.4 Å². The molecular weight excluding hydrogens is 418 g/mol. The number of hydrogen-bond acceptors (Lipinski definition) is 5. The number of amides is 2. The monoisotopic (exact) mass is 435 g/mol. The Morgan fingerprint density at radius 1 is 1.03 bits per heavy atom. The third kappa shape index (κ3) is 4.99. The minimum absolute atomic E-state index is 0.00427. The fourth-order valence-corrected chi connectivity index (χ4v) is 3.14. The van der Waals surface area contributed by atoms with E-state index < -0.39 is 0 Å². The summed E-state index contributed by atoms with van der Waals surface area (Å²) in [6, 6.07) is 15.6. The number of rotatable bonds is 6. The summed E-state index contributed by atoms with van der Waals surface area (Å²) < 4.78 is 6.54. The first-order valence-electron chi connectivity index (χ1n) is 9.34. The van der Waals surface area contributed by atoms with E-state index in [9.17, 15) is 9.59 Å². The van der Waals surface area contributed by atoms with Crippen molar-refractivity contribution in [3.8, 4) is 5.75 Å². The lowest BCUT2D eigenvalue weighted by atomic mass is 10.1. The number of ether oxygens (including phenoxy) is 1. The highest BCUT2D eigenvalue weighted by Gasteiger charge is 2.11. The number of fused-ring (bicyclic) bond motifs is 1. The van der Waals surface area contributed by atoms with Crippen molar-refractivity contribution >= 4 is 45.7 Å². The molecule has 0 unspecified atom stereocenters. The van der Waals surface area contributed by atoms with E-state index in [1.165, 1.54) is 10.9 Å². The van der Waals surface area contributed by atoms with Gasteiger partial charge in [0.1, 0.15) is 17.4 Å². The molecule has 0 aliphatic carbocycles. The van der Waals surface area contributed by atoms with Crippen LogP contribution in [-0.4, -0.2) is 33.7 Å². The molecule has 2 aromatic heterocycles. The average molecular weight is 436 g/mol. The Kier molecular flexibility index (Phi) is 5.81. The Bertz CT molecular complexity index is 1250. The van der Waals surface area contributed by atoms with Crippen molar-refractivity contribution in [3.05, 3.63) is 77.7 Å². The number of nitrogens with zero attached hydrogens (tertiary/aromatic N) is 3. The largest absolute Gasteiger partial charge is 0.497 e. The van der Waals surface area contributed by atoms with Crippen LogP contribution in [0.2, 0.25) is 5.15 Å². The smallest absolute Gasteiger partial charge is 0.255 e. The number of carbonyl (C=O) groups excluding carboxylic acids is 2. The van der Waals surface area contributed by atoms with Crippen LogP contribution in [0.15, 0.2) is 67.0 Å². The van der Waals surface area contributed by atoms with E-state index in [4.69, 9.17) is 16.3 Å². The van der Waals surface area contributed by atoms with Crippen molar-refractivity contribution < 1.29 is 14.3 Å². The van der Waals surface area contributed by atoms with E-state index in [-0.39, 0.29) is 18.4 Å². The first kappa shape index (κ1) is 20.4. The Morgan fingerprint density at radius 3 is 2.61 bits per heavy atom. The van der Waals surface area contributed by atoms with Gasteiger partial charge in [-0.05, 0) is 54.6 Å². The maximum Gasteiger partial charge on any atom is 0.255 e. The topological polar surface area (TPSA) is 98.1 Å². The van der Waals surface area contributed by atoms with Crippen molar-refractivity contribution in [2.24, 2.45) is 0 Å². The molecule has 0 atom stereocenters. The number of halogens is 1. The molecule has 0 aliphatic rings. The second kappa shape index (κ2) is 8.85. The number of benzene rings is 2. The van der Waals surface area contributed by atoms with E-state index >= 15 is 0 Å². The molecule has 4 aromatic rings. The lowest BCUT2D eigenvalue weighted by molar-refractivity contribution is -0.116. The molecule has 0 aliphatic heterocycles. The van der Waals surface area contributed by atoms with Gasteiger partial charge in [-0.3, -0.25) is 14.3 Å². The van der Waals surface area contributed by atoms with E-state index in [0.29, 0.717) is 33.4 Å². The van der Waals surface area contributed by atoms with Gasteiger partial charge in [-0.2, -0.15) is 5.10 Å². The summed E-state index contributed by atoms with van der Waals surface area (Å²) in [5, 5.41) is 10.9. The molecule has 2 N–H and O–H groups in total. The van der Waals surface area contributed by atoms with E-state index in [1.54, 1.807) is 67.9 Å². The summed E-state index contributed by atoms with van der Waals surface area (Å²) in [5.74, 6) is 0.169. The molecule has 0 saturated heterocycles. The molecule has 0 spiro atoms. The van der Waals surface area contributed by atoms with Gasteiger partial charge < -0.3 is 15.4 Å². The van der Waals surface area contributed by atoms with Crippen LogP contribution in [0, 0.1) is 0 Å². The van der Waals surface area contributed by atoms with Gasteiger partial charge >= 0.3 is 0 Å². The molecule has 2 aromatic carbocycles. The molecule has 2 amide bonds. The highest BCUT2D eigenvalue weighted by atomic mass is 35.5. The normalized spacial score (nSPS) is 10.6. The Hall–Kier alpha value is -3.91. The first-order chi connectivity index (χ1) is 15.0. The molecular formula is C22H18ClN5O3. The van der Waals surface area contributed by atoms with Gasteiger partial charge in [0, 0.05) is 22.8 Å². The van der Waals surface area contributed by atoms with Crippen molar-refractivity contribution in [2.45, 2.75) is 6.54 Å². The fourth-order valence-electron chi connectivity index (χ4n) is 2.98. The summed E-state index contributed by atoms with van der Waals surface area (Å²) >= 11 is 5.89. The third-order valence-corrected chi connectivity index (χ3v) is 4.70. The number of nitrogens with one attached hydrogen (secondary N) is 2. The second-order valence-electron chi connectivity index (χ2n) is 6.70. The summed E-state index contributed by atoms with van der Waals surface area (Å²) in [6.45, 7) is 0.00427. The number of pyridine rings is 1. The zero-order chi connectivity index (χ0) is 21.8. The quantitative estimate of drug-likeness (QED) is 0.446. The van der Waals surface area contributed by atoms with Crippen LogP contribution in [0.25, 0.3) is 10.9 Å². The van der Waals surface area contributed by atoms with Gasteiger partial charge in [0.25, 0.3) is 5.91 Å². The van der Waals surface area contributed by atoms with Gasteiger partial charge in [0.2, 0.25) is 5.91 Å². The predicted octanol–water partition coefficient (Wildman–Crippen LogP) is 3.98. The minimum Gasteiger partial charge on any atom is -0.497 e. The molecule has 0 bridgehead atoms. The number of carbonyl (C=O) groups is 2. The van der Waals surface area contributed by atoms with E-state index in [2.05, 4.69) is 20.7 Å².